The lowest BCUT2D eigenvalue weighted by Crippen LogP contribution is -2.13. The number of nitrogens with one attached hydrogen (secondary N) is 2. The molecule has 1 aliphatic rings. The average Bonchev–Trinajstić information content (AvgIpc) is 2.99. The van der Waals surface area contributed by atoms with E-state index in [0.29, 0.717) is 11.4 Å². The average molecular weight is 378 g/mol. The first-order chi connectivity index (χ1) is 12.9. The maximum atomic E-state index is 12.7. The molecule has 0 heterocycles. The van der Waals surface area contributed by atoms with Crippen LogP contribution in [-0.2, 0) is 21.2 Å². The second-order valence-electron chi connectivity index (χ2n) is 6.52. The Bertz CT molecular complexity index is 1140. The molecule has 0 saturated carbocycles. The van der Waals surface area contributed by atoms with Gasteiger partial charge in [0.2, 0.25) is 5.91 Å². The fourth-order valence-electron chi connectivity index (χ4n) is 3.32. The molecule has 4 rings (SSSR count). The van der Waals surface area contributed by atoms with Crippen LogP contribution >= 0.6 is 0 Å². The standard InChI is InChI=1S/C21H18N2O3S/c1-14(24)22-17-8-10-19(11-9-17)27(25,26)23-18-7-6-16-12-15-4-2-3-5-20(15)21(16)13-18/h2-11,13,23H,12H2,1H3,(H,22,24). The van der Waals surface area contributed by atoms with Crippen molar-refractivity contribution in [3.63, 3.8) is 0 Å². The number of sulfonamides is 1. The number of fused-ring (bicyclic) bond motifs is 3. The highest BCUT2D eigenvalue weighted by Crippen LogP contribution is 2.38. The molecule has 0 radical (unpaired) electrons. The van der Waals surface area contributed by atoms with Crippen LogP contribution in [0, 0.1) is 0 Å². The molecule has 0 aliphatic heterocycles. The van der Waals surface area contributed by atoms with Crippen molar-refractivity contribution in [1.29, 1.82) is 0 Å². The number of carbonyl (C=O) groups is 1. The molecule has 0 bridgehead atoms. The van der Waals surface area contributed by atoms with Gasteiger partial charge in [-0.05, 0) is 65.1 Å². The number of rotatable bonds is 4. The van der Waals surface area contributed by atoms with Crippen molar-refractivity contribution in [3.05, 3.63) is 77.9 Å². The van der Waals surface area contributed by atoms with Gasteiger partial charge in [0.25, 0.3) is 10.0 Å². The minimum Gasteiger partial charge on any atom is -0.326 e. The van der Waals surface area contributed by atoms with Crippen LogP contribution in [0.25, 0.3) is 11.1 Å². The highest BCUT2D eigenvalue weighted by atomic mass is 32.2. The van der Waals surface area contributed by atoms with Gasteiger partial charge < -0.3 is 5.32 Å². The number of amides is 1. The first-order valence-electron chi connectivity index (χ1n) is 8.54. The van der Waals surface area contributed by atoms with Gasteiger partial charge >= 0.3 is 0 Å². The lowest BCUT2D eigenvalue weighted by Gasteiger charge is -2.11. The molecule has 3 aromatic rings. The Kier molecular flexibility index (Phi) is 4.20. The third kappa shape index (κ3) is 3.44. The summed E-state index contributed by atoms with van der Waals surface area (Å²) in [5.41, 5.74) is 5.73. The molecule has 3 aromatic carbocycles. The Morgan fingerprint density at radius 1 is 0.852 bits per heavy atom. The topological polar surface area (TPSA) is 75.3 Å². The van der Waals surface area contributed by atoms with Crippen molar-refractivity contribution < 1.29 is 13.2 Å². The number of hydrogen-bond donors (Lipinski definition) is 2. The van der Waals surface area contributed by atoms with E-state index < -0.39 is 10.0 Å². The summed E-state index contributed by atoms with van der Waals surface area (Å²) in [5, 5.41) is 2.62. The van der Waals surface area contributed by atoms with E-state index in [2.05, 4.69) is 22.2 Å². The van der Waals surface area contributed by atoms with Gasteiger partial charge in [0.05, 0.1) is 4.90 Å². The third-order valence-corrected chi connectivity index (χ3v) is 5.93. The molecule has 2 N–H and O–H groups in total. The minimum atomic E-state index is -3.72. The molecule has 5 nitrogen and oxygen atoms in total. The zero-order valence-corrected chi connectivity index (χ0v) is 15.5. The van der Waals surface area contributed by atoms with Crippen molar-refractivity contribution in [2.45, 2.75) is 18.2 Å². The van der Waals surface area contributed by atoms with Gasteiger partial charge in [0.1, 0.15) is 0 Å². The van der Waals surface area contributed by atoms with Crippen LogP contribution in [0.1, 0.15) is 18.1 Å². The highest BCUT2D eigenvalue weighted by molar-refractivity contribution is 7.92. The van der Waals surface area contributed by atoms with Crippen LogP contribution in [0.3, 0.4) is 0 Å². The molecule has 136 valence electrons. The predicted molar refractivity (Wildman–Crippen MR) is 106 cm³/mol. The van der Waals surface area contributed by atoms with Gasteiger partial charge in [0, 0.05) is 18.3 Å². The summed E-state index contributed by atoms with van der Waals surface area (Å²) in [5.74, 6) is -0.206. The molecule has 0 aromatic heterocycles. The normalized spacial score (nSPS) is 12.2. The second kappa shape index (κ2) is 6.55. The lowest BCUT2D eigenvalue weighted by molar-refractivity contribution is -0.114. The zero-order valence-electron chi connectivity index (χ0n) is 14.7. The first kappa shape index (κ1) is 17.3. The largest absolute Gasteiger partial charge is 0.326 e. The van der Waals surface area contributed by atoms with E-state index >= 15 is 0 Å². The van der Waals surface area contributed by atoms with Crippen molar-refractivity contribution in [3.8, 4) is 11.1 Å². The molecule has 0 spiro atoms. The second-order valence-corrected chi connectivity index (χ2v) is 8.20. The fourth-order valence-corrected chi connectivity index (χ4v) is 4.37. The number of carbonyl (C=O) groups excluding carboxylic acids is 1. The Hall–Kier alpha value is -3.12. The first-order valence-corrected chi connectivity index (χ1v) is 10.0. The van der Waals surface area contributed by atoms with Crippen molar-refractivity contribution in [2.24, 2.45) is 0 Å². The van der Waals surface area contributed by atoms with Crippen molar-refractivity contribution in [2.75, 3.05) is 10.0 Å². The summed E-state index contributed by atoms with van der Waals surface area (Å²) in [7, 11) is -3.72. The Morgan fingerprint density at radius 2 is 1.52 bits per heavy atom. The summed E-state index contributed by atoms with van der Waals surface area (Å²) >= 11 is 0. The third-order valence-electron chi connectivity index (χ3n) is 4.54. The summed E-state index contributed by atoms with van der Waals surface area (Å²) in [4.78, 5) is 11.2. The summed E-state index contributed by atoms with van der Waals surface area (Å²) in [6, 6.07) is 19.8. The molecule has 1 aliphatic carbocycles. The van der Waals surface area contributed by atoms with Gasteiger partial charge in [-0.25, -0.2) is 8.42 Å². The molecule has 0 atom stereocenters. The maximum absolute atomic E-state index is 12.7. The quantitative estimate of drug-likeness (QED) is 0.563. The summed E-state index contributed by atoms with van der Waals surface area (Å²) in [6.45, 7) is 1.40. The van der Waals surface area contributed by atoms with Crippen LogP contribution in [0.5, 0.6) is 0 Å². The van der Waals surface area contributed by atoms with E-state index in [9.17, 15) is 13.2 Å². The predicted octanol–water partition coefficient (Wildman–Crippen LogP) is 4.02. The van der Waals surface area contributed by atoms with Gasteiger partial charge in [-0.1, -0.05) is 30.3 Å². The number of benzene rings is 3. The van der Waals surface area contributed by atoms with Gasteiger partial charge in [-0.15, -0.1) is 0 Å². The van der Waals surface area contributed by atoms with Crippen LogP contribution in [0.2, 0.25) is 0 Å². The molecule has 27 heavy (non-hydrogen) atoms. The fraction of sp³-hybridized carbons (Fsp3) is 0.0952. The smallest absolute Gasteiger partial charge is 0.261 e. The van der Waals surface area contributed by atoms with E-state index in [1.807, 2.05) is 24.3 Å². The van der Waals surface area contributed by atoms with Crippen molar-refractivity contribution >= 4 is 27.3 Å². The van der Waals surface area contributed by atoms with E-state index in [0.717, 1.165) is 17.5 Å². The monoisotopic (exact) mass is 378 g/mol. The van der Waals surface area contributed by atoms with E-state index in [1.165, 1.54) is 30.2 Å². The highest BCUT2D eigenvalue weighted by Gasteiger charge is 2.20. The van der Waals surface area contributed by atoms with Gasteiger partial charge in [-0.2, -0.15) is 0 Å². The van der Waals surface area contributed by atoms with Crippen LogP contribution in [0.15, 0.2) is 71.6 Å². The summed E-state index contributed by atoms with van der Waals surface area (Å²) in [6.07, 6.45) is 0.864. The van der Waals surface area contributed by atoms with Crippen LogP contribution in [-0.4, -0.2) is 14.3 Å². The molecule has 0 unspecified atom stereocenters. The number of anilines is 2. The Balaban J connectivity index is 1.60. The lowest BCUT2D eigenvalue weighted by atomic mass is 10.1. The van der Waals surface area contributed by atoms with Crippen LogP contribution in [0.4, 0.5) is 11.4 Å². The van der Waals surface area contributed by atoms with E-state index in [4.69, 9.17) is 0 Å². The molecular formula is C21H18N2O3S. The van der Waals surface area contributed by atoms with Crippen molar-refractivity contribution in [1.82, 2.24) is 0 Å². The number of hydrogen-bond acceptors (Lipinski definition) is 3. The Labute approximate surface area is 158 Å². The Morgan fingerprint density at radius 3 is 2.26 bits per heavy atom. The van der Waals surface area contributed by atoms with E-state index in [-0.39, 0.29) is 10.8 Å². The van der Waals surface area contributed by atoms with E-state index in [1.54, 1.807) is 18.2 Å². The SMILES string of the molecule is CC(=O)Nc1ccc(S(=O)(=O)Nc2ccc3c(c2)-c2ccccc2C3)cc1. The van der Waals surface area contributed by atoms with Crippen LogP contribution < -0.4 is 10.0 Å². The molecule has 0 fully saturated rings. The maximum Gasteiger partial charge on any atom is 0.261 e. The molecular weight excluding hydrogens is 360 g/mol. The van der Waals surface area contributed by atoms with Gasteiger partial charge in [-0.3, -0.25) is 9.52 Å². The van der Waals surface area contributed by atoms with Gasteiger partial charge in [0.15, 0.2) is 0 Å². The molecule has 1 amide bonds. The molecule has 6 heteroatoms. The summed E-state index contributed by atoms with van der Waals surface area (Å²) < 4.78 is 28.0. The minimum absolute atomic E-state index is 0.137. The molecule has 0 saturated heterocycles. The zero-order chi connectivity index (χ0) is 19.0.